The van der Waals surface area contributed by atoms with Gasteiger partial charge >= 0.3 is 0 Å². The molecule has 2 nitrogen and oxygen atoms in total. The number of hydrogen-bond donors (Lipinski definition) is 1. The van der Waals surface area contributed by atoms with E-state index in [9.17, 15) is 0 Å². The van der Waals surface area contributed by atoms with Crippen LogP contribution in [0.2, 0.25) is 0 Å². The quantitative estimate of drug-likeness (QED) is 0.839. The molecule has 0 fully saturated rings. The molecule has 0 aliphatic carbocycles. The van der Waals surface area contributed by atoms with Crippen LogP contribution in [-0.4, -0.2) is 4.75 Å². The Hall–Kier alpha value is -0.500. The first-order chi connectivity index (χ1) is 7.83. The Morgan fingerprint density at radius 2 is 2.06 bits per heavy atom. The summed E-state index contributed by atoms with van der Waals surface area (Å²) in [4.78, 5) is 0. The predicted octanol–water partition coefficient (Wildman–Crippen LogP) is 4.42. The normalized spacial score (nSPS) is 13.2. The summed E-state index contributed by atoms with van der Waals surface area (Å²) in [6.45, 7) is 8.64. The smallest absolute Gasteiger partial charge is 0.100 e. The lowest BCUT2D eigenvalue weighted by Crippen LogP contribution is -2.19. The van der Waals surface area contributed by atoms with Crippen molar-refractivity contribution in [2.75, 3.05) is 0 Å². The van der Waals surface area contributed by atoms with E-state index in [1.807, 2.05) is 18.2 Å². The second-order valence-corrected chi connectivity index (χ2v) is 7.42. The van der Waals surface area contributed by atoms with Gasteiger partial charge in [0.25, 0.3) is 0 Å². The summed E-state index contributed by atoms with van der Waals surface area (Å²) in [6, 6.07) is 8.23. The zero-order valence-corrected chi connectivity index (χ0v) is 12.9. The van der Waals surface area contributed by atoms with Gasteiger partial charge in [-0.3, -0.25) is 4.72 Å². The standard InChI is InChI=1S/C13H17BrN2S/c1-9(16-17-13(2,3)4)10-5-6-11(8-15)12(14)7-10/h5-7,9,16H,1-4H3/t9-/m1/s1. The van der Waals surface area contributed by atoms with Gasteiger partial charge in [0.1, 0.15) is 6.07 Å². The minimum Gasteiger partial charge on any atom is -0.256 e. The van der Waals surface area contributed by atoms with Gasteiger partial charge in [-0.05, 0) is 61.3 Å². The zero-order valence-electron chi connectivity index (χ0n) is 10.5. The van der Waals surface area contributed by atoms with Crippen LogP contribution in [0, 0.1) is 11.3 Å². The SMILES string of the molecule is C[C@@H](NSC(C)(C)C)c1ccc(C#N)c(Br)c1. The lowest BCUT2D eigenvalue weighted by atomic mass is 10.1. The highest BCUT2D eigenvalue weighted by molar-refractivity contribution is 9.10. The van der Waals surface area contributed by atoms with Crippen LogP contribution in [0.3, 0.4) is 0 Å². The van der Waals surface area contributed by atoms with Crippen molar-refractivity contribution in [3.63, 3.8) is 0 Å². The van der Waals surface area contributed by atoms with Gasteiger partial charge in [-0.15, -0.1) is 0 Å². The summed E-state index contributed by atoms with van der Waals surface area (Å²) in [7, 11) is 0. The van der Waals surface area contributed by atoms with Crippen LogP contribution in [0.15, 0.2) is 22.7 Å². The van der Waals surface area contributed by atoms with Gasteiger partial charge in [-0.2, -0.15) is 5.26 Å². The molecular weight excluding hydrogens is 296 g/mol. The first-order valence-corrected chi connectivity index (χ1v) is 7.07. The van der Waals surface area contributed by atoms with E-state index in [0.29, 0.717) is 5.56 Å². The van der Waals surface area contributed by atoms with Gasteiger partial charge in [-0.1, -0.05) is 18.0 Å². The first-order valence-electron chi connectivity index (χ1n) is 5.46. The van der Waals surface area contributed by atoms with Gasteiger partial charge < -0.3 is 0 Å². The van der Waals surface area contributed by atoms with Crippen molar-refractivity contribution in [1.29, 1.82) is 5.26 Å². The highest BCUT2D eigenvalue weighted by Gasteiger charge is 2.14. The van der Waals surface area contributed by atoms with Crippen LogP contribution in [0.4, 0.5) is 0 Å². The average molecular weight is 313 g/mol. The Labute approximate surface area is 116 Å². The molecule has 1 N–H and O–H groups in total. The van der Waals surface area contributed by atoms with Crippen LogP contribution in [0.5, 0.6) is 0 Å². The van der Waals surface area contributed by atoms with Gasteiger partial charge in [0.05, 0.1) is 5.56 Å². The number of nitrogens with zero attached hydrogens (tertiary/aromatic N) is 1. The fourth-order valence-corrected chi connectivity index (χ4v) is 2.38. The second-order valence-electron chi connectivity index (χ2n) is 4.91. The molecule has 0 saturated heterocycles. The van der Waals surface area contributed by atoms with Crippen LogP contribution >= 0.6 is 27.9 Å². The van der Waals surface area contributed by atoms with Crippen LogP contribution in [0.1, 0.15) is 44.9 Å². The number of nitrogens with one attached hydrogen (secondary N) is 1. The van der Waals surface area contributed by atoms with E-state index in [1.165, 1.54) is 5.56 Å². The highest BCUT2D eigenvalue weighted by atomic mass is 79.9. The molecule has 0 radical (unpaired) electrons. The Bertz CT molecular complexity index is 432. The van der Waals surface area contributed by atoms with Crippen molar-refractivity contribution in [1.82, 2.24) is 4.72 Å². The molecule has 0 unspecified atom stereocenters. The Morgan fingerprint density at radius 1 is 1.41 bits per heavy atom. The summed E-state index contributed by atoms with van der Waals surface area (Å²) in [5.74, 6) is 0. The third-order valence-corrected chi connectivity index (χ3v) is 3.90. The molecule has 0 spiro atoms. The van der Waals surface area contributed by atoms with Crippen molar-refractivity contribution < 1.29 is 0 Å². The van der Waals surface area contributed by atoms with E-state index >= 15 is 0 Å². The molecule has 92 valence electrons. The number of nitriles is 1. The molecule has 0 amide bonds. The lowest BCUT2D eigenvalue weighted by Gasteiger charge is -2.22. The molecule has 1 atom stereocenters. The highest BCUT2D eigenvalue weighted by Crippen LogP contribution is 2.26. The fourth-order valence-electron chi connectivity index (χ4n) is 1.22. The molecule has 4 heteroatoms. The van der Waals surface area contributed by atoms with Crippen molar-refractivity contribution in [2.45, 2.75) is 38.5 Å². The molecule has 0 bridgehead atoms. The summed E-state index contributed by atoms with van der Waals surface area (Å²) in [5, 5.41) is 8.86. The van der Waals surface area contributed by atoms with Crippen molar-refractivity contribution in [3.8, 4) is 6.07 Å². The largest absolute Gasteiger partial charge is 0.256 e. The molecular formula is C13H17BrN2S. The molecule has 0 aliphatic heterocycles. The zero-order chi connectivity index (χ0) is 13.1. The third-order valence-electron chi connectivity index (χ3n) is 2.16. The molecule has 17 heavy (non-hydrogen) atoms. The summed E-state index contributed by atoms with van der Waals surface area (Å²) >= 11 is 5.13. The minimum absolute atomic E-state index is 0.193. The number of hydrogen-bond acceptors (Lipinski definition) is 3. The van der Waals surface area contributed by atoms with E-state index in [1.54, 1.807) is 11.9 Å². The van der Waals surface area contributed by atoms with Crippen LogP contribution in [0.25, 0.3) is 0 Å². The summed E-state index contributed by atoms with van der Waals surface area (Å²) in [6.07, 6.45) is 0. The maximum atomic E-state index is 8.86. The van der Waals surface area contributed by atoms with Crippen molar-refractivity contribution >= 4 is 27.9 Å². The summed E-state index contributed by atoms with van der Waals surface area (Å²) in [5.41, 5.74) is 1.84. The Kier molecular flexibility index (Phi) is 5.05. The minimum atomic E-state index is 0.193. The monoisotopic (exact) mass is 312 g/mol. The average Bonchev–Trinajstić information content (AvgIpc) is 2.24. The van der Waals surface area contributed by atoms with E-state index < -0.39 is 0 Å². The molecule has 0 heterocycles. The number of halogens is 1. The van der Waals surface area contributed by atoms with Crippen LogP contribution in [-0.2, 0) is 0 Å². The van der Waals surface area contributed by atoms with Crippen molar-refractivity contribution in [2.24, 2.45) is 0 Å². The number of rotatable bonds is 3. The molecule has 1 aromatic rings. The predicted molar refractivity (Wildman–Crippen MR) is 77.8 cm³/mol. The summed E-state index contributed by atoms with van der Waals surface area (Å²) < 4.78 is 4.46. The number of benzene rings is 1. The molecule has 0 saturated carbocycles. The third kappa shape index (κ3) is 4.71. The van der Waals surface area contributed by atoms with Gasteiger partial charge in [0, 0.05) is 15.3 Å². The van der Waals surface area contributed by atoms with E-state index in [4.69, 9.17) is 5.26 Å². The van der Waals surface area contributed by atoms with Crippen molar-refractivity contribution in [3.05, 3.63) is 33.8 Å². The maximum absolute atomic E-state index is 8.86. The lowest BCUT2D eigenvalue weighted by molar-refractivity contribution is 0.724. The maximum Gasteiger partial charge on any atom is 0.100 e. The molecule has 0 aliphatic rings. The fraction of sp³-hybridized carbons (Fsp3) is 0.462. The topological polar surface area (TPSA) is 35.8 Å². The van der Waals surface area contributed by atoms with E-state index in [-0.39, 0.29) is 10.8 Å². The van der Waals surface area contributed by atoms with E-state index in [2.05, 4.69) is 54.4 Å². The van der Waals surface area contributed by atoms with E-state index in [0.717, 1.165) is 4.47 Å². The van der Waals surface area contributed by atoms with Crippen LogP contribution < -0.4 is 4.72 Å². The molecule has 0 aromatic heterocycles. The Morgan fingerprint density at radius 3 is 2.53 bits per heavy atom. The first kappa shape index (κ1) is 14.6. The second kappa shape index (κ2) is 5.90. The van der Waals surface area contributed by atoms with Gasteiger partial charge in [0.15, 0.2) is 0 Å². The molecule has 1 rings (SSSR count). The van der Waals surface area contributed by atoms with Gasteiger partial charge in [-0.25, -0.2) is 0 Å². The Balaban J connectivity index is 2.74. The molecule has 1 aromatic carbocycles. The van der Waals surface area contributed by atoms with Gasteiger partial charge in [0.2, 0.25) is 0 Å².